The van der Waals surface area contributed by atoms with Gasteiger partial charge in [-0.25, -0.2) is 8.42 Å². The summed E-state index contributed by atoms with van der Waals surface area (Å²) in [4.78, 5) is 29.2. The van der Waals surface area contributed by atoms with Gasteiger partial charge in [0.25, 0.3) is 10.0 Å². The van der Waals surface area contributed by atoms with Crippen LogP contribution >= 0.6 is 0 Å². The Morgan fingerprint density at radius 1 is 0.889 bits per heavy atom. The first-order valence-electron chi connectivity index (χ1n) is 15.1. The van der Waals surface area contributed by atoms with Gasteiger partial charge >= 0.3 is 0 Å². The largest absolute Gasteiger partial charge is 0.494 e. The zero-order valence-corrected chi connectivity index (χ0v) is 28.0. The highest BCUT2D eigenvalue weighted by Gasteiger charge is 2.34. The molecule has 0 radical (unpaired) electrons. The highest BCUT2D eigenvalue weighted by molar-refractivity contribution is 7.92. The summed E-state index contributed by atoms with van der Waals surface area (Å²) in [6, 6.07) is 17.5. The number of hydrogen-bond acceptors (Lipinski definition) is 7. The van der Waals surface area contributed by atoms with Crippen molar-refractivity contribution in [1.29, 1.82) is 0 Å². The molecular formula is C34H45N3O7S. The third-order valence-corrected chi connectivity index (χ3v) is 9.25. The van der Waals surface area contributed by atoms with Crippen molar-refractivity contribution in [1.82, 2.24) is 10.2 Å². The number of nitrogens with one attached hydrogen (secondary N) is 1. The Labute approximate surface area is 267 Å². The van der Waals surface area contributed by atoms with Crippen LogP contribution in [0.2, 0.25) is 0 Å². The molecule has 0 aliphatic rings. The maximum Gasteiger partial charge on any atom is 0.264 e. The molecule has 1 N–H and O–H groups in total. The maximum absolute atomic E-state index is 14.3. The minimum Gasteiger partial charge on any atom is -0.494 e. The number of methoxy groups -OCH3 is 2. The lowest BCUT2D eigenvalue weighted by Gasteiger charge is -2.34. The molecular weight excluding hydrogens is 594 g/mol. The molecule has 45 heavy (non-hydrogen) atoms. The SMILES string of the molecule is CCOc1ccc(N(CC(=O)N(Cc2cccc(C)c2)[C@@H](CC)C(=O)N[C@H](C)CC)S(=O)(=O)c2ccc(OC)c(OC)c2)cc1. The number of sulfonamides is 1. The minimum absolute atomic E-state index is 0.0892. The molecule has 0 bridgehead atoms. The monoisotopic (exact) mass is 639 g/mol. The van der Waals surface area contributed by atoms with E-state index in [0.29, 0.717) is 24.5 Å². The lowest BCUT2D eigenvalue weighted by atomic mass is 10.1. The van der Waals surface area contributed by atoms with Crippen molar-refractivity contribution in [2.24, 2.45) is 0 Å². The standard InChI is InChI=1S/C34H45N3O7S/c1-8-25(5)35-34(39)30(9-2)36(22-26-13-11-12-24(4)20-26)33(38)23-37(27-14-16-28(17-15-27)44-10-3)45(40,41)29-18-19-31(42-6)32(21-29)43-7/h11-21,25,30H,8-10,22-23H2,1-7H3,(H,35,39)/t25-,30+/m1/s1. The Hall–Kier alpha value is -4.25. The van der Waals surface area contributed by atoms with E-state index in [4.69, 9.17) is 14.2 Å². The van der Waals surface area contributed by atoms with Crippen molar-refractivity contribution in [3.63, 3.8) is 0 Å². The quantitative estimate of drug-likeness (QED) is 0.225. The van der Waals surface area contributed by atoms with Crippen molar-refractivity contribution >= 4 is 27.5 Å². The van der Waals surface area contributed by atoms with Crippen LogP contribution in [-0.2, 0) is 26.2 Å². The summed E-state index contributed by atoms with van der Waals surface area (Å²) in [7, 11) is -1.43. The van der Waals surface area contributed by atoms with Crippen LogP contribution in [-0.4, -0.2) is 64.6 Å². The van der Waals surface area contributed by atoms with Gasteiger partial charge in [-0.3, -0.25) is 13.9 Å². The second-order valence-corrected chi connectivity index (χ2v) is 12.6. The summed E-state index contributed by atoms with van der Waals surface area (Å²) in [5.41, 5.74) is 2.09. The lowest BCUT2D eigenvalue weighted by molar-refractivity contribution is -0.140. The van der Waals surface area contributed by atoms with Gasteiger partial charge in [-0.1, -0.05) is 43.7 Å². The van der Waals surface area contributed by atoms with Gasteiger partial charge in [-0.2, -0.15) is 0 Å². The number of benzene rings is 3. The van der Waals surface area contributed by atoms with Gasteiger partial charge in [0.1, 0.15) is 18.3 Å². The molecule has 244 valence electrons. The summed E-state index contributed by atoms with van der Waals surface area (Å²) in [5.74, 6) is 0.335. The van der Waals surface area contributed by atoms with Gasteiger partial charge in [0.2, 0.25) is 11.8 Å². The zero-order chi connectivity index (χ0) is 33.1. The maximum atomic E-state index is 14.3. The molecule has 2 atom stereocenters. The molecule has 0 unspecified atom stereocenters. The molecule has 10 nitrogen and oxygen atoms in total. The molecule has 0 fully saturated rings. The summed E-state index contributed by atoms with van der Waals surface area (Å²) in [6.07, 6.45) is 1.06. The van der Waals surface area contributed by atoms with Crippen LogP contribution in [0.15, 0.2) is 71.6 Å². The first-order valence-corrected chi connectivity index (χ1v) is 16.6. The molecule has 3 aromatic carbocycles. The average Bonchev–Trinajstić information content (AvgIpc) is 3.03. The highest BCUT2D eigenvalue weighted by atomic mass is 32.2. The van der Waals surface area contributed by atoms with Gasteiger partial charge in [0, 0.05) is 18.7 Å². The molecule has 0 heterocycles. The van der Waals surface area contributed by atoms with Crippen LogP contribution in [0.3, 0.4) is 0 Å². The van der Waals surface area contributed by atoms with Gasteiger partial charge in [0.15, 0.2) is 11.5 Å². The Bertz CT molecular complexity index is 1540. The lowest BCUT2D eigenvalue weighted by Crippen LogP contribution is -2.53. The molecule has 0 aliphatic heterocycles. The van der Waals surface area contributed by atoms with Crippen LogP contribution in [0.25, 0.3) is 0 Å². The number of carbonyl (C=O) groups is 2. The first kappa shape index (κ1) is 35.2. The van der Waals surface area contributed by atoms with Crippen LogP contribution in [0.4, 0.5) is 5.69 Å². The number of carbonyl (C=O) groups excluding carboxylic acids is 2. The number of hydrogen-bond donors (Lipinski definition) is 1. The molecule has 0 aromatic heterocycles. The highest BCUT2D eigenvalue weighted by Crippen LogP contribution is 2.33. The van der Waals surface area contributed by atoms with Crippen molar-refractivity contribution in [2.45, 2.75) is 71.0 Å². The topological polar surface area (TPSA) is 114 Å². The van der Waals surface area contributed by atoms with Gasteiger partial charge in [0.05, 0.1) is 31.4 Å². The number of nitrogens with zero attached hydrogens (tertiary/aromatic N) is 2. The van der Waals surface area contributed by atoms with Crippen LogP contribution in [0, 0.1) is 6.92 Å². The molecule has 0 saturated carbocycles. The third-order valence-electron chi connectivity index (χ3n) is 7.48. The van der Waals surface area contributed by atoms with E-state index in [0.717, 1.165) is 21.9 Å². The predicted molar refractivity (Wildman–Crippen MR) is 175 cm³/mol. The van der Waals surface area contributed by atoms with E-state index in [1.807, 2.05) is 58.9 Å². The number of anilines is 1. The number of rotatable bonds is 16. The number of aryl methyl sites for hydroxylation is 1. The second-order valence-electron chi connectivity index (χ2n) is 10.7. The Kier molecular flexibility index (Phi) is 12.7. The summed E-state index contributed by atoms with van der Waals surface area (Å²) >= 11 is 0. The van der Waals surface area contributed by atoms with E-state index in [1.54, 1.807) is 24.3 Å². The Balaban J connectivity index is 2.11. The molecule has 3 aromatic rings. The second kappa shape index (κ2) is 16.2. The predicted octanol–water partition coefficient (Wildman–Crippen LogP) is 5.33. The Morgan fingerprint density at radius 2 is 1.58 bits per heavy atom. The van der Waals surface area contributed by atoms with Crippen molar-refractivity contribution in [3.8, 4) is 17.2 Å². The molecule has 3 rings (SSSR count). The molecule has 0 aliphatic carbocycles. The van der Waals surface area contributed by atoms with Crippen LogP contribution < -0.4 is 23.8 Å². The van der Waals surface area contributed by atoms with Crippen LogP contribution in [0.1, 0.15) is 51.7 Å². The number of amides is 2. The average molecular weight is 640 g/mol. The fourth-order valence-electron chi connectivity index (χ4n) is 4.88. The number of ether oxygens (including phenoxy) is 3. The summed E-state index contributed by atoms with van der Waals surface area (Å²) < 4.78 is 45.8. The van der Waals surface area contributed by atoms with Crippen LogP contribution in [0.5, 0.6) is 17.2 Å². The van der Waals surface area contributed by atoms with E-state index in [9.17, 15) is 18.0 Å². The smallest absolute Gasteiger partial charge is 0.264 e. The van der Waals surface area contributed by atoms with Gasteiger partial charge < -0.3 is 24.4 Å². The van der Waals surface area contributed by atoms with Gasteiger partial charge in [-0.15, -0.1) is 0 Å². The first-order chi connectivity index (χ1) is 21.5. The molecule has 11 heteroatoms. The van der Waals surface area contributed by atoms with Crippen molar-refractivity contribution < 1.29 is 32.2 Å². The van der Waals surface area contributed by atoms with E-state index < -0.39 is 28.5 Å². The molecule has 0 saturated heterocycles. The van der Waals surface area contributed by atoms with E-state index in [1.165, 1.54) is 37.3 Å². The van der Waals surface area contributed by atoms with Crippen molar-refractivity contribution in [2.75, 3.05) is 31.7 Å². The zero-order valence-electron chi connectivity index (χ0n) is 27.2. The molecule has 0 spiro atoms. The third kappa shape index (κ3) is 8.91. The van der Waals surface area contributed by atoms with E-state index in [2.05, 4.69) is 5.32 Å². The normalized spacial score (nSPS) is 12.5. The molecule has 2 amide bonds. The van der Waals surface area contributed by atoms with E-state index >= 15 is 0 Å². The fourth-order valence-corrected chi connectivity index (χ4v) is 6.31. The van der Waals surface area contributed by atoms with Gasteiger partial charge in [-0.05, 0) is 75.6 Å². The minimum atomic E-state index is -4.31. The Morgan fingerprint density at radius 3 is 2.16 bits per heavy atom. The fraction of sp³-hybridized carbons (Fsp3) is 0.412. The summed E-state index contributed by atoms with van der Waals surface area (Å²) in [5, 5.41) is 2.99. The summed E-state index contributed by atoms with van der Waals surface area (Å²) in [6.45, 7) is 9.52. The van der Waals surface area contributed by atoms with Crippen molar-refractivity contribution in [3.05, 3.63) is 77.9 Å². The van der Waals surface area contributed by atoms with E-state index in [-0.39, 0.29) is 34.8 Å².